The number of rotatable bonds is 3. The Morgan fingerprint density at radius 3 is 2.53 bits per heavy atom. The zero-order valence-electron chi connectivity index (χ0n) is 9.18. The fourth-order valence-corrected chi connectivity index (χ4v) is 3.42. The lowest BCUT2D eigenvalue weighted by Crippen LogP contribution is -2.20. The normalized spacial score (nSPS) is 29.8. The number of carbonyl (C=O) groups excluding carboxylic acids is 1. The number of anilines is 1. The highest BCUT2D eigenvalue weighted by molar-refractivity contribution is 7.18. The molecule has 2 fully saturated rings. The first kappa shape index (κ1) is 10.8. The maximum atomic E-state index is 11.9. The van der Waals surface area contributed by atoms with E-state index in [9.17, 15) is 9.59 Å². The van der Waals surface area contributed by atoms with Crippen molar-refractivity contribution in [1.29, 1.82) is 0 Å². The third kappa shape index (κ3) is 2.07. The van der Waals surface area contributed by atoms with Crippen molar-refractivity contribution in [3.8, 4) is 0 Å². The fourth-order valence-electron chi connectivity index (χ4n) is 2.67. The Balaban J connectivity index is 1.61. The second-order valence-electron chi connectivity index (χ2n) is 4.88. The minimum atomic E-state index is -0.947. The number of carboxylic acid groups (broad SMARTS) is 1. The molecule has 0 radical (unpaired) electrons. The molecule has 1 aromatic rings. The smallest absolute Gasteiger partial charge is 0.345 e. The summed E-state index contributed by atoms with van der Waals surface area (Å²) in [6.45, 7) is 0. The maximum absolute atomic E-state index is 11.9. The van der Waals surface area contributed by atoms with E-state index < -0.39 is 5.97 Å². The monoisotopic (exact) mass is 251 g/mol. The molecule has 17 heavy (non-hydrogen) atoms. The van der Waals surface area contributed by atoms with Gasteiger partial charge in [0.15, 0.2) is 0 Å². The summed E-state index contributed by atoms with van der Waals surface area (Å²) in [5.41, 5.74) is 0. The third-order valence-electron chi connectivity index (χ3n) is 3.68. The lowest BCUT2D eigenvalue weighted by Gasteiger charge is -2.10. The van der Waals surface area contributed by atoms with Gasteiger partial charge in [-0.2, -0.15) is 0 Å². The number of hydrogen-bond donors (Lipinski definition) is 2. The molecule has 2 saturated carbocycles. The molecule has 2 atom stereocenters. The Labute approximate surface area is 103 Å². The first-order valence-corrected chi connectivity index (χ1v) is 6.59. The molecular formula is C12H13NO3S. The Hall–Kier alpha value is -1.36. The molecule has 1 amide bonds. The van der Waals surface area contributed by atoms with Crippen LogP contribution in [0, 0.1) is 17.8 Å². The first-order valence-electron chi connectivity index (χ1n) is 5.77. The summed E-state index contributed by atoms with van der Waals surface area (Å²) in [7, 11) is 0. The Morgan fingerprint density at radius 1 is 1.24 bits per heavy atom. The van der Waals surface area contributed by atoms with Crippen LogP contribution in [-0.2, 0) is 4.79 Å². The van der Waals surface area contributed by atoms with Crippen molar-refractivity contribution < 1.29 is 14.7 Å². The van der Waals surface area contributed by atoms with Gasteiger partial charge in [-0.1, -0.05) is 0 Å². The molecule has 0 saturated heterocycles. The van der Waals surface area contributed by atoms with Crippen LogP contribution in [0.4, 0.5) is 5.00 Å². The maximum Gasteiger partial charge on any atom is 0.345 e. The number of carboxylic acids is 1. The molecule has 5 heteroatoms. The van der Waals surface area contributed by atoms with Gasteiger partial charge in [-0.05, 0) is 43.2 Å². The Morgan fingerprint density at radius 2 is 1.94 bits per heavy atom. The highest BCUT2D eigenvalue weighted by atomic mass is 32.1. The van der Waals surface area contributed by atoms with Gasteiger partial charge in [0.05, 0.1) is 5.00 Å². The van der Waals surface area contributed by atoms with E-state index in [0.29, 0.717) is 5.00 Å². The standard InChI is InChI=1S/C12H13NO3S/c14-11(8-4-6-3-7(6)5-8)13-10-2-1-9(17-10)12(15)16/h1-2,6-8H,3-5H2,(H,13,14)(H,15,16). The van der Waals surface area contributed by atoms with Crippen LogP contribution in [-0.4, -0.2) is 17.0 Å². The molecule has 1 heterocycles. The fraction of sp³-hybridized carbons (Fsp3) is 0.500. The van der Waals surface area contributed by atoms with Crippen LogP contribution in [0.25, 0.3) is 0 Å². The van der Waals surface area contributed by atoms with Crippen molar-refractivity contribution in [1.82, 2.24) is 0 Å². The predicted octanol–water partition coefficient (Wildman–Crippen LogP) is 2.43. The van der Waals surface area contributed by atoms with Gasteiger partial charge in [-0.15, -0.1) is 11.3 Å². The van der Waals surface area contributed by atoms with Crippen molar-refractivity contribution in [3.05, 3.63) is 17.0 Å². The second kappa shape index (κ2) is 3.84. The summed E-state index contributed by atoms with van der Waals surface area (Å²) < 4.78 is 0. The van der Waals surface area contributed by atoms with Crippen molar-refractivity contribution in [3.63, 3.8) is 0 Å². The quantitative estimate of drug-likeness (QED) is 0.867. The van der Waals surface area contributed by atoms with Crippen LogP contribution in [0.1, 0.15) is 28.9 Å². The van der Waals surface area contributed by atoms with Gasteiger partial charge in [0.2, 0.25) is 5.91 Å². The molecule has 2 aliphatic rings. The van der Waals surface area contributed by atoms with Gasteiger partial charge in [0.25, 0.3) is 0 Å². The molecule has 4 nitrogen and oxygen atoms in total. The second-order valence-corrected chi connectivity index (χ2v) is 5.97. The van der Waals surface area contributed by atoms with E-state index in [4.69, 9.17) is 5.11 Å². The number of thiophene rings is 1. The lowest BCUT2D eigenvalue weighted by molar-refractivity contribution is -0.119. The topological polar surface area (TPSA) is 66.4 Å². The van der Waals surface area contributed by atoms with Gasteiger partial charge in [0.1, 0.15) is 4.88 Å². The van der Waals surface area contributed by atoms with Crippen molar-refractivity contribution in [2.75, 3.05) is 5.32 Å². The van der Waals surface area contributed by atoms with Crippen molar-refractivity contribution in [2.45, 2.75) is 19.3 Å². The number of aromatic carboxylic acids is 1. The summed E-state index contributed by atoms with van der Waals surface area (Å²) in [6.07, 6.45) is 3.31. The summed E-state index contributed by atoms with van der Waals surface area (Å²) >= 11 is 1.11. The van der Waals surface area contributed by atoms with Gasteiger partial charge >= 0.3 is 5.97 Å². The number of carbonyl (C=O) groups is 2. The zero-order valence-corrected chi connectivity index (χ0v) is 10.00. The van der Waals surface area contributed by atoms with E-state index in [1.807, 2.05) is 0 Å². The Bertz CT molecular complexity index is 472. The first-order chi connectivity index (χ1) is 8.13. The van der Waals surface area contributed by atoms with Crippen molar-refractivity contribution >= 4 is 28.2 Å². The highest BCUT2D eigenvalue weighted by Gasteiger charge is 2.48. The van der Waals surface area contributed by atoms with Crippen LogP contribution < -0.4 is 5.32 Å². The summed E-state index contributed by atoms with van der Waals surface area (Å²) in [5, 5.41) is 12.2. The minimum absolute atomic E-state index is 0.0518. The van der Waals surface area contributed by atoms with Crippen molar-refractivity contribution in [2.24, 2.45) is 17.8 Å². The molecule has 0 bridgehead atoms. The van der Waals surface area contributed by atoms with Crippen LogP contribution >= 0.6 is 11.3 Å². The SMILES string of the molecule is O=C(O)c1ccc(NC(=O)C2CC3CC3C2)s1. The highest BCUT2D eigenvalue weighted by Crippen LogP contribution is 2.54. The molecule has 1 aromatic heterocycles. The molecule has 0 spiro atoms. The zero-order chi connectivity index (χ0) is 12.0. The van der Waals surface area contributed by atoms with Crippen LogP contribution in [0.3, 0.4) is 0 Å². The average molecular weight is 251 g/mol. The predicted molar refractivity (Wildman–Crippen MR) is 64.2 cm³/mol. The molecule has 2 aliphatic carbocycles. The van der Waals surface area contributed by atoms with E-state index >= 15 is 0 Å². The number of hydrogen-bond acceptors (Lipinski definition) is 3. The van der Waals surface area contributed by atoms with E-state index in [2.05, 4.69) is 5.32 Å². The van der Waals surface area contributed by atoms with Gasteiger partial charge < -0.3 is 10.4 Å². The molecule has 3 rings (SSSR count). The lowest BCUT2D eigenvalue weighted by atomic mass is 10.0. The van der Waals surface area contributed by atoms with Crippen LogP contribution in [0.2, 0.25) is 0 Å². The largest absolute Gasteiger partial charge is 0.477 e. The van der Waals surface area contributed by atoms with E-state index in [1.54, 1.807) is 6.07 Å². The minimum Gasteiger partial charge on any atom is -0.477 e. The third-order valence-corrected chi connectivity index (χ3v) is 4.67. The molecule has 0 aromatic carbocycles. The van der Waals surface area contributed by atoms with Gasteiger partial charge in [-0.25, -0.2) is 4.79 Å². The summed E-state index contributed by atoms with van der Waals surface area (Å²) in [5.74, 6) is 0.801. The van der Waals surface area contributed by atoms with Gasteiger partial charge in [-0.3, -0.25) is 4.79 Å². The number of nitrogens with one attached hydrogen (secondary N) is 1. The van der Waals surface area contributed by atoms with Gasteiger partial charge in [0, 0.05) is 5.92 Å². The van der Waals surface area contributed by atoms with E-state index in [0.717, 1.165) is 36.0 Å². The molecule has 90 valence electrons. The van der Waals surface area contributed by atoms with Crippen LogP contribution in [0.5, 0.6) is 0 Å². The number of amides is 1. The molecular weight excluding hydrogens is 238 g/mol. The average Bonchev–Trinajstić information content (AvgIpc) is 2.75. The summed E-state index contributed by atoms with van der Waals surface area (Å²) in [6, 6.07) is 3.18. The van der Waals surface area contributed by atoms with E-state index in [1.165, 1.54) is 12.5 Å². The summed E-state index contributed by atoms with van der Waals surface area (Å²) in [4.78, 5) is 22.9. The molecule has 2 N–H and O–H groups in total. The molecule has 2 unspecified atom stereocenters. The molecule has 0 aliphatic heterocycles. The van der Waals surface area contributed by atoms with E-state index in [-0.39, 0.29) is 16.7 Å². The number of fused-ring (bicyclic) bond motifs is 1. The van der Waals surface area contributed by atoms with Crippen LogP contribution in [0.15, 0.2) is 12.1 Å². The Kier molecular flexibility index (Phi) is 2.43.